The van der Waals surface area contributed by atoms with E-state index in [1.165, 1.54) is 24.1 Å². The Kier molecular flexibility index (Phi) is 6.26. The molecule has 2 saturated heterocycles. The molecule has 0 aromatic heterocycles. The summed E-state index contributed by atoms with van der Waals surface area (Å²) in [6.07, 6.45) is 3.37. The number of nitrogens with one attached hydrogen (secondary N) is 1. The van der Waals surface area contributed by atoms with Gasteiger partial charge in [-0.25, -0.2) is 9.38 Å². The van der Waals surface area contributed by atoms with Gasteiger partial charge in [0.15, 0.2) is 0 Å². The number of methoxy groups -OCH3 is 1. The topological polar surface area (TPSA) is 129 Å². The monoisotopic (exact) mass is 505 g/mol. The lowest BCUT2D eigenvalue weighted by Gasteiger charge is -2.39. The van der Waals surface area contributed by atoms with Crippen molar-refractivity contribution < 1.29 is 23.5 Å². The molecule has 1 aliphatic carbocycles. The molecular formula is C27H28FN5O4. The van der Waals surface area contributed by atoms with Crippen LogP contribution >= 0.6 is 0 Å². The molecule has 5 rings (SSSR count). The second-order valence-corrected chi connectivity index (χ2v) is 9.80. The largest absolute Gasteiger partial charge is 0.497 e. The van der Waals surface area contributed by atoms with E-state index in [1.807, 2.05) is 0 Å². The number of aliphatic imine (C=N–C) groups is 1. The fourth-order valence-electron chi connectivity index (χ4n) is 5.29. The second kappa shape index (κ2) is 9.42. The van der Waals surface area contributed by atoms with Crippen molar-refractivity contribution in [1.29, 1.82) is 5.41 Å². The molecule has 9 nitrogen and oxygen atoms in total. The van der Waals surface area contributed by atoms with Crippen LogP contribution in [-0.2, 0) is 14.4 Å². The first kappa shape index (κ1) is 24.6. The maximum absolute atomic E-state index is 15.5. The molecule has 1 unspecified atom stereocenters. The van der Waals surface area contributed by atoms with Crippen LogP contribution in [0.3, 0.4) is 0 Å². The number of ether oxygens (including phenoxy) is 1. The average Bonchev–Trinajstić information content (AvgIpc) is 3.66. The number of halogens is 1. The van der Waals surface area contributed by atoms with E-state index in [9.17, 15) is 14.4 Å². The van der Waals surface area contributed by atoms with Crippen molar-refractivity contribution in [2.75, 3.05) is 30.0 Å². The van der Waals surface area contributed by atoms with Gasteiger partial charge in [0.25, 0.3) is 11.8 Å². The summed E-state index contributed by atoms with van der Waals surface area (Å²) in [5, 5.41) is 8.40. The lowest BCUT2D eigenvalue weighted by molar-refractivity contribution is -0.119. The molecule has 3 N–H and O–H groups in total. The molecule has 0 bridgehead atoms. The third-order valence-electron chi connectivity index (χ3n) is 7.45. The van der Waals surface area contributed by atoms with Crippen LogP contribution in [0.1, 0.15) is 32.1 Å². The van der Waals surface area contributed by atoms with Crippen molar-refractivity contribution in [2.45, 2.75) is 32.1 Å². The summed E-state index contributed by atoms with van der Waals surface area (Å²) in [6, 6.07) is 11.1. The van der Waals surface area contributed by atoms with Crippen LogP contribution in [0.2, 0.25) is 0 Å². The van der Waals surface area contributed by atoms with Crippen molar-refractivity contribution >= 4 is 46.2 Å². The van der Waals surface area contributed by atoms with Gasteiger partial charge in [-0.15, -0.1) is 0 Å². The Labute approximate surface area is 213 Å². The van der Waals surface area contributed by atoms with Gasteiger partial charge in [0, 0.05) is 30.6 Å². The SMILES string of the molecule is COc1ccc(N=C2C(=O)N(c3ccc(N4CCCCC4=O)cc3F)CC3(CC3)C2C(=N)C(N)=O)cc1. The fourth-order valence-corrected chi connectivity index (χ4v) is 5.29. The van der Waals surface area contributed by atoms with Gasteiger partial charge < -0.3 is 20.3 Å². The van der Waals surface area contributed by atoms with E-state index in [0.29, 0.717) is 42.9 Å². The smallest absolute Gasteiger partial charge is 0.273 e. The highest BCUT2D eigenvalue weighted by atomic mass is 19.1. The van der Waals surface area contributed by atoms with Crippen molar-refractivity contribution in [3.63, 3.8) is 0 Å². The number of carbonyl (C=O) groups excluding carboxylic acids is 3. The normalized spacial score (nSPS) is 21.9. The molecule has 1 spiro atoms. The minimum absolute atomic E-state index is 0.0209. The zero-order valence-electron chi connectivity index (χ0n) is 20.5. The predicted molar refractivity (Wildman–Crippen MR) is 137 cm³/mol. The highest BCUT2D eigenvalue weighted by Crippen LogP contribution is 2.56. The molecule has 3 aliphatic rings. The first-order chi connectivity index (χ1) is 17.7. The molecule has 2 aliphatic heterocycles. The third-order valence-corrected chi connectivity index (χ3v) is 7.45. The number of rotatable bonds is 6. The molecule has 37 heavy (non-hydrogen) atoms. The predicted octanol–water partition coefficient (Wildman–Crippen LogP) is 3.37. The van der Waals surface area contributed by atoms with Crippen LogP contribution < -0.4 is 20.3 Å². The number of nitrogens with zero attached hydrogens (tertiary/aromatic N) is 3. The van der Waals surface area contributed by atoms with Crippen LogP contribution in [0, 0.1) is 22.6 Å². The lowest BCUT2D eigenvalue weighted by atomic mass is 9.76. The molecule has 1 saturated carbocycles. The maximum Gasteiger partial charge on any atom is 0.273 e. The number of amides is 3. The zero-order valence-corrected chi connectivity index (χ0v) is 20.5. The number of nitrogens with two attached hydrogens (primary N) is 1. The van der Waals surface area contributed by atoms with Crippen molar-refractivity contribution in [1.82, 2.24) is 0 Å². The van der Waals surface area contributed by atoms with Gasteiger partial charge in [-0.05, 0) is 68.1 Å². The van der Waals surface area contributed by atoms with E-state index in [0.717, 1.165) is 12.8 Å². The van der Waals surface area contributed by atoms with E-state index in [1.54, 1.807) is 35.2 Å². The van der Waals surface area contributed by atoms with E-state index >= 15 is 4.39 Å². The summed E-state index contributed by atoms with van der Waals surface area (Å²) in [4.78, 5) is 45.6. The summed E-state index contributed by atoms with van der Waals surface area (Å²) >= 11 is 0. The van der Waals surface area contributed by atoms with E-state index < -0.39 is 29.0 Å². The summed E-state index contributed by atoms with van der Waals surface area (Å²) in [5.74, 6) is -2.47. The number of hydrogen-bond acceptors (Lipinski definition) is 6. The molecular weight excluding hydrogens is 477 g/mol. The lowest BCUT2D eigenvalue weighted by Crippen LogP contribution is -2.56. The van der Waals surface area contributed by atoms with E-state index in [2.05, 4.69) is 4.99 Å². The third kappa shape index (κ3) is 4.47. The average molecular weight is 506 g/mol. The quantitative estimate of drug-likeness (QED) is 0.583. The number of benzene rings is 2. The van der Waals surface area contributed by atoms with E-state index in [4.69, 9.17) is 15.9 Å². The molecule has 3 amide bonds. The highest BCUT2D eigenvalue weighted by Gasteiger charge is 2.60. The van der Waals surface area contributed by atoms with Gasteiger partial charge in [-0.1, -0.05) is 0 Å². The standard InChI is InChI=1S/C27H28FN5O4/c1-37-18-8-5-16(6-9-18)31-24-22(23(29)25(30)35)27(11-12-27)15-33(26(24)36)20-10-7-17(14-19(20)28)32-13-3-2-4-21(32)34/h5-10,14,22,29H,2-4,11-13,15H2,1H3,(H2,30,35). The van der Waals surface area contributed by atoms with Gasteiger partial charge >= 0.3 is 0 Å². The van der Waals surface area contributed by atoms with Crippen LogP contribution in [0.5, 0.6) is 5.75 Å². The number of anilines is 2. The molecule has 2 aromatic carbocycles. The first-order valence-electron chi connectivity index (χ1n) is 12.3. The first-order valence-corrected chi connectivity index (χ1v) is 12.3. The Bertz CT molecular complexity index is 1320. The molecule has 192 valence electrons. The minimum Gasteiger partial charge on any atom is -0.497 e. The Hall–Kier alpha value is -4.08. The second-order valence-electron chi connectivity index (χ2n) is 9.80. The highest BCUT2D eigenvalue weighted by molar-refractivity contribution is 6.54. The molecule has 1 atom stereocenters. The van der Waals surface area contributed by atoms with Crippen LogP contribution in [-0.4, -0.2) is 49.3 Å². The summed E-state index contributed by atoms with van der Waals surface area (Å²) in [7, 11) is 1.53. The number of hydrogen-bond donors (Lipinski definition) is 2. The Balaban J connectivity index is 1.54. The molecule has 10 heteroatoms. The van der Waals surface area contributed by atoms with Gasteiger partial charge in [-0.3, -0.25) is 19.8 Å². The molecule has 3 fully saturated rings. The summed E-state index contributed by atoms with van der Waals surface area (Å²) in [5.41, 5.74) is 5.40. The molecule has 2 aromatic rings. The Morgan fingerprint density at radius 2 is 1.86 bits per heavy atom. The van der Waals surface area contributed by atoms with Gasteiger partial charge in [0.05, 0.1) is 24.4 Å². The number of carbonyl (C=O) groups is 3. The van der Waals surface area contributed by atoms with E-state index in [-0.39, 0.29) is 29.6 Å². The Morgan fingerprint density at radius 3 is 2.46 bits per heavy atom. The Morgan fingerprint density at radius 1 is 1.14 bits per heavy atom. The van der Waals surface area contributed by atoms with Gasteiger partial charge in [-0.2, -0.15) is 0 Å². The van der Waals surface area contributed by atoms with Crippen LogP contribution in [0.15, 0.2) is 47.5 Å². The van der Waals surface area contributed by atoms with Gasteiger partial charge in [0.1, 0.15) is 23.0 Å². The molecule has 2 heterocycles. The number of primary amides is 1. The van der Waals surface area contributed by atoms with Crippen molar-refractivity contribution in [3.05, 3.63) is 48.3 Å². The van der Waals surface area contributed by atoms with Crippen molar-refractivity contribution in [3.8, 4) is 5.75 Å². The zero-order chi connectivity index (χ0) is 26.3. The maximum atomic E-state index is 15.5. The van der Waals surface area contributed by atoms with Gasteiger partial charge in [0.2, 0.25) is 5.91 Å². The minimum atomic E-state index is -0.915. The van der Waals surface area contributed by atoms with Crippen molar-refractivity contribution in [2.24, 2.45) is 22.1 Å². The van der Waals surface area contributed by atoms with Crippen LogP contribution in [0.4, 0.5) is 21.5 Å². The van der Waals surface area contributed by atoms with Crippen LogP contribution in [0.25, 0.3) is 0 Å². The summed E-state index contributed by atoms with van der Waals surface area (Å²) in [6.45, 7) is 0.658. The summed E-state index contributed by atoms with van der Waals surface area (Å²) < 4.78 is 20.7. The number of piperidine rings is 2. The fraction of sp³-hybridized carbons (Fsp3) is 0.370. The molecule has 0 radical (unpaired) electrons.